The predicted octanol–water partition coefficient (Wildman–Crippen LogP) is 2.52. The molecule has 1 aliphatic heterocycles. The molecule has 0 radical (unpaired) electrons. The van der Waals surface area contributed by atoms with Gasteiger partial charge in [-0.05, 0) is 69.8 Å². The molecule has 5 fully saturated rings. The van der Waals surface area contributed by atoms with E-state index in [0.29, 0.717) is 62.6 Å². The van der Waals surface area contributed by atoms with Crippen molar-refractivity contribution >= 4 is 29.9 Å². The average molecular weight is 543 g/mol. The lowest BCUT2D eigenvalue weighted by Crippen LogP contribution is -2.60. The number of nitrogens with one attached hydrogen (secondary N) is 2. The Kier molecular flexibility index (Phi) is 7.63. The summed E-state index contributed by atoms with van der Waals surface area (Å²) in [6.45, 7) is 8.54. The number of rotatable bonds is 9. The zero-order valence-electron chi connectivity index (χ0n) is 23.3. The molecule has 214 valence electrons. The Morgan fingerprint density at radius 2 is 1.90 bits per heavy atom. The highest BCUT2D eigenvalue weighted by Gasteiger charge is 2.56. The van der Waals surface area contributed by atoms with Gasteiger partial charge in [0.2, 0.25) is 5.91 Å². The van der Waals surface area contributed by atoms with E-state index in [0.717, 1.165) is 37.9 Å². The molecular weight excluding hydrogens is 500 g/mol. The van der Waals surface area contributed by atoms with Crippen LogP contribution in [0.15, 0.2) is 12.3 Å². The van der Waals surface area contributed by atoms with Crippen LogP contribution in [-0.2, 0) is 14.3 Å². The maximum atomic E-state index is 13.8. The molecule has 2 heterocycles. The van der Waals surface area contributed by atoms with Crippen LogP contribution in [0, 0.1) is 23.2 Å². The van der Waals surface area contributed by atoms with Gasteiger partial charge < -0.3 is 30.7 Å². The summed E-state index contributed by atoms with van der Waals surface area (Å²) < 4.78 is 12.6. The summed E-state index contributed by atoms with van der Waals surface area (Å²) in [6.07, 6.45) is 10.2. The molecule has 39 heavy (non-hydrogen) atoms. The number of morpholine rings is 1. The number of carbonyl (C=O) groups excluding carboxylic acids is 3. The number of hydrogen-bond donors (Lipinski definition) is 3. The molecule has 4 bridgehead atoms. The van der Waals surface area contributed by atoms with Crippen LogP contribution in [-0.4, -0.2) is 72.2 Å². The van der Waals surface area contributed by atoms with Crippen molar-refractivity contribution in [1.29, 1.82) is 0 Å². The van der Waals surface area contributed by atoms with E-state index in [9.17, 15) is 14.4 Å². The Labute approximate surface area is 229 Å². The molecule has 0 aromatic carbocycles. The number of nitrogens with two attached hydrogens (primary N) is 1. The van der Waals surface area contributed by atoms with Gasteiger partial charge in [-0.3, -0.25) is 9.59 Å². The molecule has 2 atom stereocenters. The van der Waals surface area contributed by atoms with Gasteiger partial charge in [0, 0.05) is 37.2 Å². The van der Waals surface area contributed by atoms with Gasteiger partial charge in [-0.25, -0.2) is 9.48 Å². The first-order valence-corrected chi connectivity index (χ1v) is 14.2. The Morgan fingerprint density at radius 1 is 1.21 bits per heavy atom. The molecule has 4 saturated carbocycles. The van der Waals surface area contributed by atoms with Crippen LogP contribution < -0.4 is 21.3 Å². The summed E-state index contributed by atoms with van der Waals surface area (Å²) in [5.41, 5.74) is 5.22. The van der Waals surface area contributed by atoms with Crippen molar-refractivity contribution < 1.29 is 23.9 Å². The molecule has 3 amide bonds. The quantitative estimate of drug-likeness (QED) is 0.435. The lowest BCUT2D eigenvalue weighted by atomic mass is 9.48. The molecule has 1 saturated heterocycles. The van der Waals surface area contributed by atoms with E-state index in [-0.39, 0.29) is 23.3 Å². The first kappa shape index (κ1) is 27.5. The molecule has 11 heteroatoms. The van der Waals surface area contributed by atoms with E-state index >= 15 is 0 Å². The van der Waals surface area contributed by atoms with Gasteiger partial charge in [-0.1, -0.05) is 6.92 Å². The van der Waals surface area contributed by atoms with Crippen molar-refractivity contribution in [3.8, 4) is 0 Å². The van der Waals surface area contributed by atoms with E-state index < -0.39 is 11.6 Å². The largest absolute Gasteiger partial charge is 0.449 e. The van der Waals surface area contributed by atoms with E-state index in [1.807, 2.05) is 33.0 Å². The molecule has 0 spiro atoms. The molecule has 6 rings (SSSR count). The van der Waals surface area contributed by atoms with Crippen molar-refractivity contribution in [2.45, 2.75) is 70.9 Å². The standard InChI is InChI=1S/C28H42N6O5/c1-4-22(35)32-27(2,3)5-6-34-25(33-7-9-38-10-8-33)21(16-30-34)24(36)31-23-19-11-18-12-20(23)15-28(13-18,14-19)17-39-26(29)37/h5-6,16,18-20,23H,4,7-15,17H2,1-3H3,(H2,29,37)(H,31,36)(H,32,35)/b6-5+/t18?,19?,20?,23-,28-. The molecule has 4 N–H and O–H groups in total. The van der Waals surface area contributed by atoms with Gasteiger partial charge in [-0.15, -0.1) is 0 Å². The third-order valence-electron chi connectivity index (χ3n) is 8.96. The van der Waals surface area contributed by atoms with Gasteiger partial charge in [0.25, 0.3) is 5.91 Å². The third-order valence-corrected chi connectivity index (χ3v) is 8.96. The summed E-state index contributed by atoms with van der Waals surface area (Å²) >= 11 is 0. The van der Waals surface area contributed by atoms with Gasteiger partial charge in [-0.2, -0.15) is 5.10 Å². The third kappa shape index (κ3) is 5.92. The second kappa shape index (κ2) is 10.8. The number of anilines is 1. The highest BCUT2D eigenvalue weighted by molar-refractivity contribution is 5.99. The smallest absolute Gasteiger partial charge is 0.404 e. The number of nitrogens with zero attached hydrogens (tertiary/aromatic N) is 3. The topological polar surface area (TPSA) is 141 Å². The van der Waals surface area contributed by atoms with Crippen LogP contribution in [0.25, 0.3) is 6.20 Å². The van der Waals surface area contributed by atoms with E-state index in [4.69, 9.17) is 15.2 Å². The number of ether oxygens (including phenoxy) is 2. The van der Waals surface area contributed by atoms with Crippen LogP contribution in [0.1, 0.15) is 69.7 Å². The van der Waals surface area contributed by atoms with E-state index in [1.165, 1.54) is 0 Å². The number of carbonyl (C=O) groups is 3. The highest BCUT2D eigenvalue weighted by Crippen LogP contribution is 2.60. The summed E-state index contributed by atoms with van der Waals surface area (Å²) in [5, 5.41) is 11.0. The van der Waals surface area contributed by atoms with Crippen LogP contribution in [0.3, 0.4) is 0 Å². The normalized spacial score (nSPS) is 30.0. The molecule has 11 nitrogen and oxygen atoms in total. The van der Waals surface area contributed by atoms with Crippen LogP contribution in [0.2, 0.25) is 0 Å². The fraction of sp³-hybridized carbons (Fsp3) is 0.714. The van der Waals surface area contributed by atoms with Gasteiger partial charge in [0.15, 0.2) is 0 Å². The Morgan fingerprint density at radius 3 is 2.54 bits per heavy atom. The lowest BCUT2D eigenvalue weighted by molar-refractivity contribution is -0.121. The number of aromatic nitrogens is 2. The Bertz CT molecular complexity index is 1110. The molecule has 4 aliphatic carbocycles. The molecule has 1 aromatic rings. The molecule has 5 aliphatic rings. The fourth-order valence-electron chi connectivity index (χ4n) is 7.52. The molecule has 1 aromatic heterocycles. The summed E-state index contributed by atoms with van der Waals surface area (Å²) in [4.78, 5) is 39.2. The first-order chi connectivity index (χ1) is 18.6. The van der Waals surface area contributed by atoms with Crippen LogP contribution >= 0.6 is 0 Å². The minimum absolute atomic E-state index is 0.0125. The predicted molar refractivity (Wildman–Crippen MR) is 146 cm³/mol. The molecule has 2 unspecified atom stereocenters. The van der Waals surface area contributed by atoms with E-state index in [2.05, 4.69) is 20.6 Å². The van der Waals surface area contributed by atoms with E-state index in [1.54, 1.807) is 10.9 Å². The van der Waals surface area contributed by atoms with Crippen LogP contribution in [0.5, 0.6) is 0 Å². The summed E-state index contributed by atoms with van der Waals surface area (Å²) in [7, 11) is 0. The van der Waals surface area contributed by atoms with Crippen LogP contribution in [0.4, 0.5) is 10.6 Å². The van der Waals surface area contributed by atoms with Gasteiger partial charge >= 0.3 is 6.09 Å². The van der Waals surface area contributed by atoms with Crippen molar-refractivity contribution in [1.82, 2.24) is 20.4 Å². The highest BCUT2D eigenvalue weighted by atomic mass is 16.5. The number of amides is 3. The van der Waals surface area contributed by atoms with Gasteiger partial charge in [0.1, 0.15) is 11.4 Å². The zero-order valence-corrected chi connectivity index (χ0v) is 23.3. The summed E-state index contributed by atoms with van der Waals surface area (Å²) in [6, 6.07) is 0.0929. The second-order valence-electron chi connectivity index (χ2n) is 12.4. The zero-order chi connectivity index (χ0) is 27.8. The first-order valence-electron chi connectivity index (χ1n) is 14.2. The lowest BCUT2D eigenvalue weighted by Gasteiger charge is -2.59. The summed E-state index contributed by atoms with van der Waals surface area (Å²) in [5.74, 6) is 1.93. The van der Waals surface area contributed by atoms with Crippen molar-refractivity contribution in [3.05, 3.63) is 17.8 Å². The SMILES string of the molecule is CCC(=O)NC(C)(C)/C=C/n1ncc(C(=O)N[C@H]2C3CC4CC2C[C@](COC(N)=O)(C4)C3)c1N1CCOCC1. The Balaban J connectivity index is 1.35. The number of primary amides is 1. The maximum Gasteiger partial charge on any atom is 0.404 e. The van der Waals surface area contributed by atoms with Crippen molar-refractivity contribution in [3.63, 3.8) is 0 Å². The number of hydrogen-bond acceptors (Lipinski definition) is 7. The molecular formula is C28H42N6O5. The van der Waals surface area contributed by atoms with Gasteiger partial charge in [0.05, 0.1) is 31.6 Å². The average Bonchev–Trinajstić information content (AvgIpc) is 3.32. The van der Waals surface area contributed by atoms with Crippen molar-refractivity contribution in [2.75, 3.05) is 37.8 Å². The maximum absolute atomic E-state index is 13.8. The second-order valence-corrected chi connectivity index (χ2v) is 12.4. The minimum atomic E-state index is -0.714. The Hall–Kier alpha value is -3.08. The monoisotopic (exact) mass is 542 g/mol. The fourth-order valence-corrected chi connectivity index (χ4v) is 7.52. The van der Waals surface area contributed by atoms with Crippen molar-refractivity contribution in [2.24, 2.45) is 28.9 Å². The minimum Gasteiger partial charge on any atom is -0.449 e.